The Morgan fingerprint density at radius 1 is 0.519 bits per heavy atom. The van der Waals surface area contributed by atoms with Crippen LogP contribution in [0.15, 0.2) is 0 Å². The van der Waals surface area contributed by atoms with Crippen LogP contribution in [0.5, 0.6) is 0 Å². The summed E-state index contributed by atoms with van der Waals surface area (Å²) in [5.74, 6) is 0.0741. The number of rotatable bonds is 32. The Kier molecular flexibility index (Phi) is 76.9. The highest BCUT2D eigenvalue weighted by atomic mass is 31.2. The van der Waals surface area contributed by atoms with Crippen LogP contribution in [0.3, 0.4) is 0 Å². The molecule has 0 saturated carbocycles. The van der Waals surface area contributed by atoms with Gasteiger partial charge in [0.15, 0.2) is 0 Å². The van der Waals surface area contributed by atoms with Crippen LogP contribution < -0.4 is 19.6 Å². The van der Waals surface area contributed by atoms with E-state index < -0.39 is 75.3 Å². The Morgan fingerprint density at radius 2 is 0.909 bits per heavy atom. The van der Waals surface area contributed by atoms with Crippen molar-refractivity contribution in [2.75, 3.05) is 39.2 Å². The quantitative estimate of drug-likeness (QED) is 0.0571. The number of carbonyl (C=O) groups is 11. The lowest BCUT2D eigenvalue weighted by Crippen LogP contribution is -2.32. The summed E-state index contributed by atoms with van der Waals surface area (Å²) in [4.78, 5) is 148. The summed E-state index contributed by atoms with van der Waals surface area (Å²) in [5.41, 5.74) is -0.134. The molecular formula is C45H86O28P4-4. The van der Waals surface area contributed by atoms with Crippen molar-refractivity contribution < 1.29 is 132 Å². The third kappa shape index (κ3) is 60.3. The van der Waals surface area contributed by atoms with E-state index in [2.05, 4.69) is 25.3 Å². The van der Waals surface area contributed by atoms with E-state index >= 15 is 0 Å². The van der Waals surface area contributed by atoms with Gasteiger partial charge in [0.1, 0.15) is 87.4 Å². The van der Waals surface area contributed by atoms with Gasteiger partial charge in [-0.15, -0.1) is 0 Å². The minimum Gasteiger partial charge on any atom is -0.778 e. The number of phosphoric ester groups is 3. The van der Waals surface area contributed by atoms with Crippen molar-refractivity contribution in [1.29, 1.82) is 0 Å². The van der Waals surface area contributed by atoms with Crippen molar-refractivity contribution in [2.24, 2.45) is 11.3 Å². The monoisotopic (exact) mass is 1200 g/mol. The number of unbranched alkanes of at least 4 members (excludes halogenated alkanes) is 8. The summed E-state index contributed by atoms with van der Waals surface area (Å²) in [6.45, 7) is 25.9. The van der Waals surface area contributed by atoms with Crippen LogP contribution in [-0.4, -0.2) is 148 Å². The Bertz CT molecular complexity index is 1490. The van der Waals surface area contributed by atoms with Gasteiger partial charge < -0.3 is 118 Å². The van der Waals surface area contributed by atoms with Gasteiger partial charge in [0, 0.05) is 25.4 Å². The molecule has 2 saturated heterocycles. The molecule has 0 radical (unpaired) electrons. The van der Waals surface area contributed by atoms with E-state index in [1.54, 1.807) is 0 Å². The van der Waals surface area contributed by atoms with Crippen molar-refractivity contribution in [3.63, 3.8) is 0 Å². The van der Waals surface area contributed by atoms with Crippen molar-refractivity contribution in [2.45, 2.75) is 168 Å². The fourth-order valence-corrected chi connectivity index (χ4v) is 9.76. The molecule has 77 heavy (non-hydrogen) atoms. The maximum absolute atomic E-state index is 12.6. The molecule has 2 aliphatic rings. The maximum Gasteiger partial charge on any atom is 0.268 e. The molecule has 0 aliphatic carbocycles. The van der Waals surface area contributed by atoms with Gasteiger partial charge in [0.25, 0.3) is 23.5 Å². The van der Waals surface area contributed by atoms with Gasteiger partial charge in [-0.2, -0.15) is 0 Å². The second-order valence-corrected chi connectivity index (χ2v) is 21.7. The summed E-state index contributed by atoms with van der Waals surface area (Å²) in [6.07, 6.45) is 9.10. The van der Waals surface area contributed by atoms with Crippen molar-refractivity contribution in [3.05, 3.63) is 0 Å². The zero-order valence-corrected chi connectivity index (χ0v) is 48.9. The van der Waals surface area contributed by atoms with Crippen LogP contribution in [-0.2, 0) is 108 Å². The van der Waals surface area contributed by atoms with Gasteiger partial charge in [-0.05, 0) is 56.3 Å². The Hall–Kier alpha value is -3.23. The number of ether oxygens (including phenoxy) is 2. The summed E-state index contributed by atoms with van der Waals surface area (Å²) in [7, 11) is -18.9. The standard InChI is InChI=1S/C29H60O17P4.C7H12O2.9CH2O/c1-6-13-23-19-25(29(3,4)5)27(44-23)21-43-49(35,36)40-16-17-41-50(37,38)46-26-20-24(14-7-2)45-28(26)22-42-47(30,31)18-12-10-8-9-11-15-39-48(32,33)34;8-6-4-2-1-3-5-7-9;9*1-2/h23-28H,6-22H2,1-5H3,(H,30,31)(H,35,36)(H,37,38)(H2,32,33,34);6-7H,1-5H2;9*1H2/p-4. The first-order valence-electron chi connectivity index (χ1n) is 23.2. The van der Waals surface area contributed by atoms with E-state index in [0.717, 1.165) is 57.5 Å². The third-order valence-electron chi connectivity index (χ3n) is 9.60. The predicted molar refractivity (Wildman–Crippen MR) is 274 cm³/mol. The summed E-state index contributed by atoms with van der Waals surface area (Å²) in [6, 6.07) is 0. The molecule has 2 heterocycles. The lowest BCUT2D eigenvalue weighted by Gasteiger charge is -2.32. The number of carbonyl (C=O) groups excluding carboxylic acids is 11. The molecule has 0 spiro atoms. The van der Waals surface area contributed by atoms with Crippen LogP contribution in [0.25, 0.3) is 0 Å². The van der Waals surface area contributed by atoms with Crippen molar-refractivity contribution >= 4 is 105 Å². The van der Waals surface area contributed by atoms with Crippen LogP contribution >= 0.6 is 31.1 Å². The highest BCUT2D eigenvalue weighted by molar-refractivity contribution is 7.51. The second kappa shape index (κ2) is 63.6. The minimum absolute atomic E-state index is 0.0162. The first-order valence-corrected chi connectivity index (χ1v) is 29.4. The van der Waals surface area contributed by atoms with Crippen LogP contribution in [0.1, 0.15) is 137 Å². The maximum atomic E-state index is 12.6. The Balaban J connectivity index is -0.000000207. The van der Waals surface area contributed by atoms with E-state index in [0.29, 0.717) is 44.9 Å². The fourth-order valence-electron chi connectivity index (χ4n) is 6.67. The first-order chi connectivity index (χ1) is 36.6. The van der Waals surface area contributed by atoms with Crippen molar-refractivity contribution in [3.8, 4) is 0 Å². The van der Waals surface area contributed by atoms with E-state index in [1.165, 1.54) is 0 Å². The molecule has 0 aromatic rings. The molecule has 0 amide bonds. The molecule has 0 aromatic heterocycles. The van der Waals surface area contributed by atoms with Gasteiger partial charge >= 0.3 is 0 Å². The summed E-state index contributed by atoms with van der Waals surface area (Å²) < 4.78 is 89.2. The Labute approximate surface area is 454 Å². The molecule has 0 aromatic carbocycles. The number of hydrogen-bond donors (Lipinski definition) is 1. The van der Waals surface area contributed by atoms with Crippen LogP contribution in [0.2, 0.25) is 0 Å². The molecule has 28 nitrogen and oxygen atoms in total. The highest BCUT2D eigenvalue weighted by Crippen LogP contribution is 2.47. The summed E-state index contributed by atoms with van der Waals surface area (Å²) in [5, 5.41) is 0. The predicted octanol–water partition coefficient (Wildman–Crippen LogP) is 3.60. The van der Waals surface area contributed by atoms with E-state index in [-0.39, 0.29) is 49.7 Å². The molecule has 2 aliphatic heterocycles. The molecule has 0 bridgehead atoms. The molecule has 458 valence electrons. The number of phosphoric acid groups is 3. The topological polar surface area (TPSA) is 442 Å². The van der Waals surface area contributed by atoms with Gasteiger partial charge in [-0.25, -0.2) is 0 Å². The number of hydrogen-bond acceptors (Lipinski definition) is 27. The molecule has 2 fully saturated rings. The van der Waals surface area contributed by atoms with Gasteiger partial charge in [0.2, 0.25) is 0 Å². The molecule has 10 unspecified atom stereocenters. The molecular weight excluding hydrogens is 1110 g/mol. The minimum atomic E-state index is -5.01. The average Bonchev–Trinajstić information content (AvgIpc) is 4.03. The normalized spacial score (nSPS) is 20.5. The zero-order valence-electron chi connectivity index (χ0n) is 45.3. The lowest BCUT2D eigenvalue weighted by molar-refractivity contribution is -0.237. The van der Waals surface area contributed by atoms with Crippen molar-refractivity contribution in [1.82, 2.24) is 0 Å². The van der Waals surface area contributed by atoms with Gasteiger partial charge in [-0.3, -0.25) is 13.7 Å². The summed E-state index contributed by atoms with van der Waals surface area (Å²) >= 11 is 0. The third-order valence-corrected chi connectivity index (χ3v) is 13.5. The number of aldehydes is 2. The average molecular weight is 1200 g/mol. The fraction of sp³-hybridized carbons (Fsp3) is 0.756. The van der Waals surface area contributed by atoms with E-state index in [1.807, 2.05) is 74.9 Å². The smallest absolute Gasteiger partial charge is 0.268 e. The molecule has 10 atom stereocenters. The van der Waals surface area contributed by atoms with Gasteiger partial charge in [0.05, 0.1) is 57.5 Å². The largest absolute Gasteiger partial charge is 0.778 e. The Morgan fingerprint density at radius 3 is 1.34 bits per heavy atom. The molecule has 1 N–H and O–H groups in total. The second-order valence-electron chi connectivity index (χ2n) is 15.8. The lowest BCUT2D eigenvalue weighted by atomic mass is 9.76. The van der Waals surface area contributed by atoms with Gasteiger partial charge in [-0.1, -0.05) is 73.1 Å². The van der Waals surface area contributed by atoms with E-state index in [9.17, 15) is 47.4 Å². The SMILES string of the molecule is C=O.C=O.C=O.C=O.C=O.C=O.C=O.C=O.C=O.CCCC1CC(OP(=O)([O-])OCCOP(=O)([O-])OCC2OC(CCC)CC2C(C)(C)C)C(COP(=O)([O-])CCCCCCCOP(=O)([O-])O)O1.O=CCCCCCC=O. The van der Waals surface area contributed by atoms with Crippen LogP contribution in [0.4, 0.5) is 0 Å². The molecule has 32 heteroatoms. The van der Waals surface area contributed by atoms with E-state index in [4.69, 9.17) is 80.1 Å². The van der Waals surface area contributed by atoms with Crippen LogP contribution in [0, 0.1) is 11.3 Å². The first kappa shape index (κ1) is 93.1. The highest BCUT2D eigenvalue weighted by Gasteiger charge is 2.42. The molecule has 2 rings (SSSR count). The zero-order chi connectivity index (χ0) is 62.6.